The highest BCUT2D eigenvalue weighted by atomic mass is 16.5. The zero-order valence-corrected chi connectivity index (χ0v) is 8.19. The summed E-state index contributed by atoms with van der Waals surface area (Å²) in [6.07, 6.45) is 0. The summed E-state index contributed by atoms with van der Waals surface area (Å²) in [6.45, 7) is 10.1. The molecule has 3 N–H and O–H groups in total. The van der Waals surface area contributed by atoms with E-state index in [0.717, 1.165) is 0 Å². The van der Waals surface area contributed by atoms with Crippen molar-refractivity contribution in [2.45, 2.75) is 40.3 Å². The Morgan fingerprint density at radius 1 is 1.27 bits per heavy atom. The molecule has 0 aliphatic rings. The van der Waals surface area contributed by atoms with Gasteiger partial charge in [0.15, 0.2) is 5.66 Å². The highest BCUT2D eigenvalue weighted by Crippen LogP contribution is 2.22. The number of nitrogens with two attached hydrogens (primary N) is 1. The highest BCUT2D eigenvalue weighted by Gasteiger charge is 2.38. The van der Waals surface area contributed by atoms with E-state index in [1.54, 1.807) is 6.92 Å². The summed E-state index contributed by atoms with van der Waals surface area (Å²) in [5.74, 6) is 0. The van der Waals surface area contributed by atoms with Gasteiger partial charge in [0.1, 0.15) is 0 Å². The van der Waals surface area contributed by atoms with E-state index in [4.69, 9.17) is 5.73 Å². The molecule has 0 fully saturated rings. The topological polar surface area (TPSA) is 53.5 Å². The average Bonchev–Trinajstić information content (AvgIpc) is 1.83. The maximum absolute atomic E-state index is 11.4. The van der Waals surface area contributed by atoms with Crippen molar-refractivity contribution >= 4 is 0 Å². The van der Waals surface area contributed by atoms with Gasteiger partial charge in [-0.25, -0.2) is 0 Å². The minimum atomic E-state index is -0.693. The molecule has 2 atom stereocenters. The molecule has 0 aromatic rings. The second-order valence-electron chi connectivity index (χ2n) is 4.23. The number of hydroxylamine groups is 2. The quantitative estimate of drug-likeness (QED) is 0.445. The summed E-state index contributed by atoms with van der Waals surface area (Å²) in [6, 6.07) is 0. The minimum absolute atomic E-state index is 0.130. The molecule has 0 rings (SSSR count). The molecule has 0 bridgehead atoms. The smallest absolute Gasteiger partial charge is 0.150 e. The third-order valence-electron chi connectivity index (χ3n) is 2.46. The maximum atomic E-state index is 11.4. The van der Waals surface area contributed by atoms with Crippen LogP contribution in [0.3, 0.4) is 0 Å². The summed E-state index contributed by atoms with van der Waals surface area (Å²) < 4.78 is 0. The van der Waals surface area contributed by atoms with E-state index in [-0.39, 0.29) is 10.5 Å². The standard InChI is InChI=1S/C8H20N2O/c1-6-10(11)8(5,9)7(2,3)4/h10H,6,9H2,1-5H3. The lowest BCUT2D eigenvalue weighted by atomic mass is 9.82. The molecule has 0 saturated heterocycles. The van der Waals surface area contributed by atoms with Crippen LogP contribution in [-0.4, -0.2) is 12.2 Å². The second kappa shape index (κ2) is 3.09. The van der Waals surface area contributed by atoms with Gasteiger partial charge >= 0.3 is 0 Å². The molecule has 0 radical (unpaired) electrons. The number of hydrogen-bond donors (Lipinski definition) is 2. The summed E-state index contributed by atoms with van der Waals surface area (Å²) in [5.41, 5.74) is 5.05. The van der Waals surface area contributed by atoms with Crippen LogP contribution < -0.4 is 10.8 Å². The fraction of sp³-hybridized carbons (Fsp3) is 1.00. The lowest BCUT2D eigenvalue weighted by molar-refractivity contribution is -0.910. The Hall–Kier alpha value is -0.120. The van der Waals surface area contributed by atoms with Crippen molar-refractivity contribution in [3.05, 3.63) is 5.21 Å². The Balaban J connectivity index is 4.45. The van der Waals surface area contributed by atoms with E-state index in [9.17, 15) is 5.21 Å². The van der Waals surface area contributed by atoms with Crippen molar-refractivity contribution in [3.8, 4) is 0 Å². The zero-order chi connectivity index (χ0) is 9.28. The van der Waals surface area contributed by atoms with Crippen LogP contribution in [0.2, 0.25) is 0 Å². The van der Waals surface area contributed by atoms with Gasteiger partial charge < -0.3 is 10.3 Å². The average molecular weight is 160 g/mol. The SMILES string of the molecule is CC[NH+]([O-])C(C)(N)C(C)(C)C. The molecule has 0 saturated carbocycles. The summed E-state index contributed by atoms with van der Waals surface area (Å²) >= 11 is 0. The molecule has 3 nitrogen and oxygen atoms in total. The number of nitrogens with one attached hydrogen (secondary N) is 1. The lowest BCUT2D eigenvalue weighted by Crippen LogP contribution is -3.19. The third kappa shape index (κ3) is 2.15. The van der Waals surface area contributed by atoms with Gasteiger partial charge in [0.25, 0.3) is 0 Å². The van der Waals surface area contributed by atoms with Crippen molar-refractivity contribution < 1.29 is 5.06 Å². The molecule has 0 amide bonds. The van der Waals surface area contributed by atoms with E-state index in [1.807, 2.05) is 27.7 Å². The Kier molecular flexibility index (Phi) is 3.06. The maximum Gasteiger partial charge on any atom is 0.150 e. The normalized spacial score (nSPS) is 21.0. The molecular weight excluding hydrogens is 140 g/mol. The molecule has 0 aromatic heterocycles. The van der Waals surface area contributed by atoms with Gasteiger partial charge in [-0.3, -0.25) is 5.73 Å². The summed E-state index contributed by atoms with van der Waals surface area (Å²) in [7, 11) is 0. The van der Waals surface area contributed by atoms with Gasteiger partial charge in [-0.2, -0.15) is 0 Å². The van der Waals surface area contributed by atoms with Gasteiger partial charge in [-0.15, -0.1) is 0 Å². The zero-order valence-electron chi connectivity index (χ0n) is 8.19. The van der Waals surface area contributed by atoms with Crippen LogP contribution in [0.5, 0.6) is 0 Å². The van der Waals surface area contributed by atoms with E-state index in [2.05, 4.69) is 0 Å². The minimum Gasteiger partial charge on any atom is -0.633 e. The van der Waals surface area contributed by atoms with Crippen LogP contribution in [0, 0.1) is 10.6 Å². The van der Waals surface area contributed by atoms with Crippen LogP contribution in [0.15, 0.2) is 0 Å². The summed E-state index contributed by atoms with van der Waals surface area (Å²) in [5, 5.41) is 11.5. The largest absolute Gasteiger partial charge is 0.633 e. The predicted molar refractivity (Wildman–Crippen MR) is 46.9 cm³/mol. The summed E-state index contributed by atoms with van der Waals surface area (Å²) in [4.78, 5) is 0. The number of hydrogen-bond acceptors (Lipinski definition) is 2. The first-order valence-corrected chi connectivity index (χ1v) is 4.05. The van der Waals surface area contributed by atoms with E-state index >= 15 is 0 Å². The van der Waals surface area contributed by atoms with Crippen LogP contribution in [0.4, 0.5) is 0 Å². The van der Waals surface area contributed by atoms with Crippen LogP contribution >= 0.6 is 0 Å². The first kappa shape index (κ1) is 10.9. The molecule has 3 heteroatoms. The fourth-order valence-electron chi connectivity index (χ4n) is 0.785. The molecule has 0 aromatic carbocycles. The molecule has 0 spiro atoms. The van der Waals surface area contributed by atoms with Crippen molar-refractivity contribution in [1.82, 2.24) is 0 Å². The Morgan fingerprint density at radius 2 is 1.64 bits per heavy atom. The van der Waals surface area contributed by atoms with E-state index < -0.39 is 5.66 Å². The van der Waals surface area contributed by atoms with Crippen molar-refractivity contribution in [1.29, 1.82) is 0 Å². The van der Waals surface area contributed by atoms with Gasteiger partial charge in [-0.05, 0) is 6.92 Å². The lowest BCUT2D eigenvalue weighted by Gasteiger charge is -2.45. The highest BCUT2D eigenvalue weighted by molar-refractivity contribution is 4.80. The molecule has 68 valence electrons. The van der Waals surface area contributed by atoms with Crippen molar-refractivity contribution in [2.75, 3.05) is 6.54 Å². The van der Waals surface area contributed by atoms with E-state index in [0.29, 0.717) is 6.54 Å². The van der Waals surface area contributed by atoms with Gasteiger partial charge in [-0.1, -0.05) is 20.8 Å². The third-order valence-corrected chi connectivity index (χ3v) is 2.46. The van der Waals surface area contributed by atoms with Gasteiger partial charge in [0.05, 0.1) is 6.54 Å². The van der Waals surface area contributed by atoms with Crippen molar-refractivity contribution in [3.63, 3.8) is 0 Å². The molecule has 0 aliphatic carbocycles. The Morgan fingerprint density at radius 3 is 1.73 bits per heavy atom. The van der Waals surface area contributed by atoms with Crippen LogP contribution in [0.1, 0.15) is 34.6 Å². The number of quaternary nitrogens is 1. The molecule has 2 unspecified atom stereocenters. The molecule has 11 heavy (non-hydrogen) atoms. The van der Waals surface area contributed by atoms with Crippen LogP contribution in [-0.2, 0) is 0 Å². The Labute approximate surface area is 69.1 Å². The van der Waals surface area contributed by atoms with Crippen molar-refractivity contribution in [2.24, 2.45) is 11.1 Å². The first-order chi connectivity index (χ1) is 4.73. The first-order valence-electron chi connectivity index (χ1n) is 4.05. The van der Waals surface area contributed by atoms with Crippen LogP contribution in [0.25, 0.3) is 0 Å². The molecule has 0 heterocycles. The predicted octanol–water partition coefficient (Wildman–Crippen LogP) is 0.110. The second-order valence-corrected chi connectivity index (χ2v) is 4.23. The van der Waals surface area contributed by atoms with E-state index in [1.165, 1.54) is 0 Å². The van der Waals surface area contributed by atoms with Gasteiger partial charge in [0.2, 0.25) is 0 Å². The monoisotopic (exact) mass is 160 g/mol. The Bertz CT molecular complexity index is 127. The fourth-order valence-corrected chi connectivity index (χ4v) is 0.785. The molecule has 0 aliphatic heterocycles. The number of rotatable bonds is 2. The molecular formula is C8H20N2O. The van der Waals surface area contributed by atoms with Gasteiger partial charge in [0, 0.05) is 12.3 Å².